The largest absolute Gasteiger partial charge is 0.353 e. The van der Waals surface area contributed by atoms with Crippen molar-refractivity contribution < 1.29 is 4.79 Å². The Morgan fingerprint density at radius 2 is 1.67 bits per heavy atom. The average Bonchev–Trinajstić information content (AvgIpc) is 2.61. The minimum atomic E-state index is 0.120. The zero-order valence-corrected chi connectivity index (χ0v) is 13.7. The Kier molecular flexibility index (Phi) is 4.04. The van der Waals surface area contributed by atoms with E-state index in [2.05, 4.69) is 59.9 Å². The fourth-order valence-electron chi connectivity index (χ4n) is 3.63. The van der Waals surface area contributed by atoms with Crippen LogP contribution in [-0.4, -0.2) is 11.9 Å². The second-order valence-corrected chi connectivity index (χ2v) is 6.63. The van der Waals surface area contributed by atoms with E-state index in [-0.39, 0.29) is 11.9 Å². The fraction of sp³-hybridized carbons (Fsp3) is 0.227. The molecular formula is C22H21NO. The number of hydrogen-bond acceptors (Lipinski definition) is 1. The molecule has 24 heavy (non-hydrogen) atoms. The van der Waals surface area contributed by atoms with Gasteiger partial charge in [0.25, 0.3) is 0 Å². The van der Waals surface area contributed by atoms with Crippen LogP contribution in [0.5, 0.6) is 0 Å². The first-order valence-electron chi connectivity index (χ1n) is 8.62. The van der Waals surface area contributed by atoms with Gasteiger partial charge in [-0.1, -0.05) is 66.7 Å². The van der Waals surface area contributed by atoms with Gasteiger partial charge in [0.1, 0.15) is 0 Å². The van der Waals surface area contributed by atoms with Crippen molar-refractivity contribution in [2.24, 2.45) is 0 Å². The van der Waals surface area contributed by atoms with Gasteiger partial charge in [0.15, 0.2) is 0 Å². The van der Waals surface area contributed by atoms with Crippen LogP contribution in [0.4, 0.5) is 0 Å². The zero-order valence-electron chi connectivity index (χ0n) is 13.7. The predicted octanol–water partition coefficient (Wildman–Crippen LogP) is 4.06. The van der Waals surface area contributed by atoms with Gasteiger partial charge < -0.3 is 5.32 Å². The summed E-state index contributed by atoms with van der Waals surface area (Å²) in [5, 5.41) is 5.62. The Hall–Kier alpha value is -2.61. The van der Waals surface area contributed by atoms with Gasteiger partial charge in [-0.2, -0.15) is 0 Å². The van der Waals surface area contributed by atoms with E-state index in [1.54, 1.807) is 0 Å². The first-order chi connectivity index (χ1) is 11.8. The van der Waals surface area contributed by atoms with Crippen molar-refractivity contribution in [1.82, 2.24) is 5.32 Å². The number of hydrogen-bond donors (Lipinski definition) is 1. The molecule has 3 aromatic rings. The molecule has 2 nitrogen and oxygen atoms in total. The van der Waals surface area contributed by atoms with Crippen molar-refractivity contribution in [2.45, 2.75) is 31.7 Å². The molecule has 120 valence electrons. The van der Waals surface area contributed by atoms with Crippen molar-refractivity contribution >= 4 is 16.7 Å². The van der Waals surface area contributed by atoms with Crippen molar-refractivity contribution in [1.29, 1.82) is 0 Å². The van der Waals surface area contributed by atoms with Crippen LogP contribution in [0.3, 0.4) is 0 Å². The van der Waals surface area contributed by atoms with Crippen LogP contribution >= 0.6 is 0 Å². The summed E-state index contributed by atoms with van der Waals surface area (Å²) in [7, 11) is 0. The summed E-state index contributed by atoms with van der Waals surface area (Å²) in [5.74, 6) is 0.120. The fourth-order valence-corrected chi connectivity index (χ4v) is 3.63. The topological polar surface area (TPSA) is 29.1 Å². The van der Waals surface area contributed by atoms with Crippen LogP contribution in [0.1, 0.15) is 23.1 Å². The molecule has 0 unspecified atom stereocenters. The van der Waals surface area contributed by atoms with Crippen LogP contribution in [0.2, 0.25) is 0 Å². The van der Waals surface area contributed by atoms with E-state index in [1.807, 2.05) is 12.1 Å². The molecule has 4 rings (SSSR count). The summed E-state index contributed by atoms with van der Waals surface area (Å²) in [6.45, 7) is 0. The average molecular weight is 315 g/mol. The van der Waals surface area contributed by atoms with Crippen LogP contribution in [-0.2, 0) is 24.1 Å². The number of carbonyl (C=O) groups excluding carboxylic acids is 1. The SMILES string of the molecule is O=C(Cc1ccc2ccccc2c1)N[C@@H]1CCc2ccccc2C1. The maximum atomic E-state index is 12.4. The molecule has 0 radical (unpaired) electrons. The summed E-state index contributed by atoms with van der Waals surface area (Å²) < 4.78 is 0. The van der Waals surface area contributed by atoms with Gasteiger partial charge in [-0.15, -0.1) is 0 Å². The Morgan fingerprint density at radius 3 is 2.54 bits per heavy atom. The lowest BCUT2D eigenvalue weighted by atomic mass is 9.88. The lowest BCUT2D eigenvalue weighted by Gasteiger charge is -2.25. The van der Waals surface area contributed by atoms with Crippen molar-refractivity contribution in [2.75, 3.05) is 0 Å². The summed E-state index contributed by atoms with van der Waals surface area (Å²) in [4.78, 5) is 12.4. The molecular weight excluding hydrogens is 294 g/mol. The first-order valence-corrected chi connectivity index (χ1v) is 8.62. The molecule has 1 amide bonds. The molecule has 0 aromatic heterocycles. The van der Waals surface area contributed by atoms with Gasteiger partial charge in [-0.05, 0) is 46.7 Å². The van der Waals surface area contributed by atoms with Crippen molar-refractivity contribution in [3.63, 3.8) is 0 Å². The molecule has 3 aromatic carbocycles. The summed E-state index contributed by atoms with van der Waals surface area (Å²) in [6, 6.07) is 23.3. The molecule has 1 N–H and O–H groups in total. The van der Waals surface area contributed by atoms with E-state index in [1.165, 1.54) is 21.9 Å². The summed E-state index contributed by atoms with van der Waals surface area (Å²) in [6.07, 6.45) is 3.47. The highest BCUT2D eigenvalue weighted by Crippen LogP contribution is 2.21. The minimum absolute atomic E-state index is 0.120. The highest BCUT2D eigenvalue weighted by molar-refractivity contribution is 5.85. The van der Waals surface area contributed by atoms with Crippen molar-refractivity contribution in [3.05, 3.63) is 83.4 Å². The van der Waals surface area contributed by atoms with Gasteiger partial charge in [-0.3, -0.25) is 4.79 Å². The van der Waals surface area contributed by atoms with Gasteiger partial charge >= 0.3 is 0 Å². The number of aryl methyl sites for hydroxylation is 1. The number of fused-ring (bicyclic) bond motifs is 2. The smallest absolute Gasteiger partial charge is 0.224 e. The minimum Gasteiger partial charge on any atom is -0.353 e. The zero-order chi connectivity index (χ0) is 16.4. The van der Waals surface area contributed by atoms with Crippen LogP contribution in [0, 0.1) is 0 Å². The van der Waals surface area contributed by atoms with Gasteiger partial charge in [0.05, 0.1) is 6.42 Å². The molecule has 1 atom stereocenters. The molecule has 0 aliphatic heterocycles. The summed E-state index contributed by atoms with van der Waals surface area (Å²) in [5.41, 5.74) is 3.87. The molecule has 0 saturated carbocycles. The maximum Gasteiger partial charge on any atom is 0.224 e. The standard InChI is InChI=1S/C22H21NO/c24-22(14-16-9-10-17-5-1-3-7-19(17)13-16)23-21-12-11-18-6-2-4-8-20(18)15-21/h1-10,13,21H,11-12,14-15H2,(H,23,24)/t21-/m1/s1. The molecule has 1 aliphatic carbocycles. The Balaban J connectivity index is 1.41. The Morgan fingerprint density at radius 1 is 0.917 bits per heavy atom. The number of rotatable bonds is 3. The van der Waals surface area contributed by atoms with E-state index in [4.69, 9.17) is 0 Å². The van der Waals surface area contributed by atoms with Gasteiger partial charge in [-0.25, -0.2) is 0 Å². The van der Waals surface area contributed by atoms with Crippen LogP contribution < -0.4 is 5.32 Å². The van der Waals surface area contributed by atoms with Gasteiger partial charge in [0, 0.05) is 6.04 Å². The number of nitrogens with one attached hydrogen (secondary N) is 1. The second-order valence-electron chi connectivity index (χ2n) is 6.63. The molecule has 0 heterocycles. The number of amides is 1. The first kappa shape index (κ1) is 14.9. The van der Waals surface area contributed by atoms with E-state index in [0.717, 1.165) is 24.8 Å². The predicted molar refractivity (Wildman–Crippen MR) is 98.0 cm³/mol. The van der Waals surface area contributed by atoms with E-state index < -0.39 is 0 Å². The number of benzene rings is 3. The monoisotopic (exact) mass is 315 g/mol. The second kappa shape index (κ2) is 6.48. The lowest BCUT2D eigenvalue weighted by Crippen LogP contribution is -2.39. The summed E-state index contributed by atoms with van der Waals surface area (Å²) >= 11 is 0. The third kappa shape index (κ3) is 3.18. The van der Waals surface area contributed by atoms with E-state index in [9.17, 15) is 4.79 Å². The molecule has 0 spiro atoms. The molecule has 0 fully saturated rings. The molecule has 2 heteroatoms. The number of carbonyl (C=O) groups is 1. The molecule has 1 aliphatic rings. The van der Waals surface area contributed by atoms with E-state index >= 15 is 0 Å². The normalized spacial score (nSPS) is 16.6. The third-order valence-corrected chi connectivity index (χ3v) is 4.89. The lowest BCUT2D eigenvalue weighted by molar-refractivity contribution is -0.121. The van der Waals surface area contributed by atoms with Crippen LogP contribution in [0.15, 0.2) is 66.7 Å². The van der Waals surface area contributed by atoms with Crippen molar-refractivity contribution in [3.8, 4) is 0 Å². The van der Waals surface area contributed by atoms with E-state index in [0.29, 0.717) is 6.42 Å². The third-order valence-electron chi connectivity index (χ3n) is 4.89. The highest BCUT2D eigenvalue weighted by Gasteiger charge is 2.19. The molecule has 0 bridgehead atoms. The quantitative estimate of drug-likeness (QED) is 0.776. The maximum absolute atomic E-state index is 12.4. The van der Waals surface area contributed by atoms with Crippen LogP contribution in [0.25, 0.3) is 10.8 Å². The van der Waals surface area contributed by atoms with Gasteiger partial charge in [0.2, 0.25) is 5.91 Å². The highest BCUT2D eigenvalue weighted by atomic mass is 16.1. The Bertz CT molecular complexity index is 884. The molecule has 0 saturated heterocycles. The Labute approximate surface area is 142 Å².